The summed E-state index contributed by atoms with van der Waals surface area (Å²) in [6.07, 6.45) is 2.94. The van der Waals surface area contributed by atoms with Gasteiger partial charge in [-0.3, -0.25) is 19.6 Å². The van der Waals surface area contributed by atoms with Gasteiger partial charge in [-0.15, -0.1) is 0 Å². The second-order valence-electron chi connectivity index (χ2n) is 23.4. The van der Waals surface area contributed by atoms with Gasteiger partial charge in [0.2, 0.25) is 0 Å². The number of phenolic OH excluding ortho intramolecular Hbond substituents is 6. The molecule has 4 heterocycles. The number of aliphatic imine (C=N–C) groups is 2. The fraction of sp³-hybridized carbons (Fsp3) is 0.358. The van der Waals surface area contributed by atoms with Gasteiger partial charge in [-0.1, -0.05) is 79.7 Å². The second-order valence-corrected chi connectivity index (χ2v) is 94.1. The molecule has 0 radical (unpaired) electrons. The average Bonchev–Trinajstić information content (AvgIpc) is 1.22. The number of nitrogens with zero attached hydrogens (tertiary/aromatic N) is 2. The molecular formula is C67H78I6N4O10V2-. The topological polar surface area (TPSA) is 246 Å². The third-order valence-electron chi connectivity index (χ3n) is 16.5. The van der Waals surface area contributed by atoms with E-state index < -0.39 is 16.6 Å². The number of phenols is 6. The van der Waals surface area contributed by atoms with Crippen molar-refractivity contribution in [2.75, 3.05) is 13.1 Å². The summed E-state index contributed by atoms with van der Waals surface area (Å²) in [4.78, 5) is 58.3. The molecular weight excluding hydrogens is 1880 g/mol. The van der Waals surface area contributed by atoms with Crippen LogP contribution >= 0.6 is 120 Å². The van der Waals surface area contributed by atoms with Crippen LogP contribution in [-0.4, -0.2) is 77.6 Å². The number of aromatic amines is 2. The van der Waals surface area contributed by atoms with E-state index in [2.05, 4.69) is 173 Å². The third-order valence-corrected chi connectivity index (χ3v) is 16.5. The number of hydrogen-bond donors (Lipinski definition) is 8. The molecule has 7 aromatic rings. The number of ketones is 2. The van der Waals surface area contributed by atoms with Crippen molar-refractivity contribution < 1.29 is 49.9 Å². The van der Waals surface area contributed by atoms with Crippen LogP contribution in [0, 0.1) is 57.9 Å². The summed E-state index contributed by atoms with van der Waals surface area (Å²) in [5, 5.41) is 70.6. The molecule has 22 heteroatoms. The van der Waals surface area contributed by atoms with Crippen LogP contribution in [0.25, 0.3) is 21.8 Å². The van der Waals surface area contributed by atoms with Crippen LogP contribution in [0.3, 0.4) is 0 Å². The molecule has 10 rings (SSSR count). The molecule has 0 amide bonds. The van der Waals surface area contributed by atoms with E-state index in [1.54, 1.807) is 45.9 Å². The molecule has 89 heavy (non-hydrogen) atoms. The summed E-state index contributed by atoms with van der Waals surface area (Å²) in [7, 11) is 0. The summed E-state index contributed by atoms with van der Waals surface area (Å²) < 4.78 is 5.35. The van der Waals surface area contributed by atoms with Gasteiger partial charge in [-0.05, 0) is 153 Å². The van der Waals surface area contributed by atoms with Gasteiger partial charge in [0.25, 0.3) is 0 Å². The first-order valence-corrected chi connectivity index (χ1v) is 55.5. The molecule has 0 bridgehead atoms. The summed E-state index contributed by atoms with van der Waals surface area (Å²) in [6, 6.07) is 17.4. The van der Waals surface area contributed by atoms with Gasteiger partial charge in [0.15, 0.2) is 11.6 Å². The Hall–Kier alpha value is -2.71. The fourth-order valence-corrected chi connectivity index (χ4v) is 12.1. The molecule has 0 spiro atoms. The number of Topliss-reactive ketones (excluding diaryl/α,β-unsaturated/α-hetero) is 1. The van der Waals surface area contributed by atoms with Crippen molar-refractivity contribution in [1.29, 1.82) is 0.879 Å². The maximum absolute atomic E-state index is 14.1. The predicted molar refractivity (Wildman–Crippen MR) is 411 cm³/mol. The molecule has 0 saturated heterocycles. The van der Waals surface area contributed by atoms with Crippen LogP contribution in [0.15, 0.2) is 87.4 Å². The van der Waals surface area contributed by atoms with Crippen molar-refractivity contribution in [3.8, 4) is 34.5 Å². The molecule has 14 nitrogen and oxygen atoms in total. The number of hydrogen-bond acceptors (Lipinski definition) is 12. The van der Waals surface area contributed by atoms with Crippen molar-refractivity contribution in [2.45, 2.75) is 139 Å². The molecule has 1 aliphatic carbocycles. The van der Waals surface area contributed by atoms with E-state index >= 15 is 0 Å². The zero-order valence-corrected chi connectivity index (χ0v) is 68.2. The SMILES string of the molecule is CC1=C(C(C2=NCCc3c2[nH]c2cc(C)ccc32)c2c(C)c(O)cc(C(C)C)c2O)C(=O)C(C(C)C)=CC1=O.Cc1ccc2c3c([nH]c2c1)C(C(c1c(C)c(O)cc(C(C)C)c1O)c1c(C)c(O)cc(C(C)C)c1O)=NCC3.O=O.[2H][V]([I])([I])[I].[CH3-].[I][V]([I])[I]. The number of aromatic nitrogens is 2. The van der Waals surface area contributed by atoms with Crippen molar-refractivity contribution in [3.05, 3.63) is 178 Å². The average molecular weight is 1960 g/mol. The zero-order chi connectivity index (χ0) is 66.7. The van der Waals surface area contributed by atoms with Gasteiger partial charge in [0.1, 0.15) is 34.5 Å². The quantitative estimate of drug-likeness (QED) is 0.0278. The van der Waals surface area contributed by atoms with Crippen LogP contribution in [0.2, 0.25) is 0 Å². The number of aryl methyl sites for hydroxylation is 2. The van der Waals surface area contributed by atoms with Crippen LogP contribution in [0.5, 0.6) is 34.5 Å². The molecule has 5 aromatic carbocycles. The molecule has 8 N–H and O–H groups in total. The molecule has 0 fully saturated rings. The number of carbonyl (C=O) groups excluding carboxylic acids is 2. The summed E-state index contributed by atoms with van der Waals surface area (Å²) in [5.74, 6) is -2.04. The van der Waals surface area contributed by atoms with E-state index in [4.69, 9.17) is 20.8 Å². The van der Waals surface area contributed by atoms with Gasteiger partial charge >= 0.3 is 130 Å². The Morgan fingerprint density at radius 1 is 0.551 bits per heavy atom. The molecule has 2 aromatic heterocycles. The number of carbonyl (C=O) groups is 2. The zero-order valence-electron chi connectivity index (χ0n) is 53.4. The third kappa shape index (κ3) is 16.9. The summed E-state index contributed by atoms with van der Waals surface area (Å²) in [5.41, 5.74) is 15.2. The van der Waals surface area contributed by atoms with Crippen LogP contribution < -0.4 is 0 Å². The number of rotatable bonds is 10. The molecule has 3 aliphatic rings. The van der Waals surface area contributed by atoms with Gasteiger partial charge in [-0.2, -0.15) is 0 Å². The number of nitrogens with one attached hydrogen (secondary N) is 2. The van der Waals surface area contributed by atoms with Gasteiger partial charge in [-0.25, -0.2) is 0 Å². The Balaban J connectivity index is 0.000000279. The number of allylic oxidation sites excluding steroid dienone is 4. The van der Waals surface area contributed by atoms with Crippen LogP contribution in [-0.2, 0) is 32.1 Å². The van der Waals surface area contributed by atoms with Crippen molar-refractivity contribution in [2.24, 2.45) is 15.9 Å². The van der Waals surface area contributed by atoms with E-state index in [-0.39, 0.29) is 82.1 Å². The Bertz CT molecular complexity index is 3940. The first kappa shape index (κ1) is 75.3. The first-order chi connectivity index (χ1) is 41.6. The molecule has 1 unspecified atom stereocenters. The van der Waals surface area contributed by atoms with Crippen LogP contribution in [0.1, 0.15) is 176 Å². The van der Waals surface area contributed by atoms with Gasteiger partial charge < -0.3 is 48.0 Å². The van der Waals surface area contributed by atoms with E-state index in [0.717, 1.165) is 68.3 Å². The van der Waals surface area contributed by atoms with Crippen molar-refractivity contribution >= 4 is 165 Å². The van der Waals surface area contributed by atoms with Crippen molar-refractivity contribution in [1.82, 2.24) is 9.97 Å². The van der Waals surface area contributed by atoms with Crippen LogP contribution in [0.4, 0.5) is 0 Å². The van der Waals surface area contributed by atoms with Crippen molar-refractivity contribution in [3.63, 3.8) is 0 Å². The Kier molecular flexibility index (Phi) is 28.0. The minimum absolute atomic E-state index is 0. The molecule has 0 saturated carbocycles. The monoisotopic (exact) mass is 1960 g/mol. The number of H-pyrrole nitrogens is 2. The molecule has 1 atom stereocenters. The normalized spacial score (nSPS) is 14.4. The number of halogens is 6. The standard InChI is InChI=1S/C33H38N2O4.C33H36N2O4.CH3.6HI.O2.2V.H/c2*1-15(2)22-13-25(36)18(6)27(32(22)38)29(28-19(7)26(37)14-23(16(3)4)33(28)39)31-30-21(10-11-34-31)20-9-8-17(5)12-24(20)35-30;;;;;;;;1-2;;;/h8-9,12-16,29,35-39H,10-11H2,1-7H3;8-9,12-16,29,35-36,38H,10-11H2,1-7H3;1H3;6*1H;;;;/q;;-1;;;;;;;;2*+3;/p-6/i;;;;;;;;;;;;1+1. The summed E-state index contributed by atoms with van der Waals surface area (Å²) >= 11 is 14.0. The van der Waals surface area contributed by atoms with E-state index in [0.29, 0.717) is 91.3 Å². The number of aromatic hydroxyl groups is 6. The Morgan fingerprint density at radius 3 is 1.20 bits per heavy atom. The molecule has 2 aliphatic heterocycles. The minimum atomic E-state index is -1.72. The molecule has 479 valence electrons. The van der Waals surface area contributed by atoms with E-state index in [1.165, 1.54) is 6.08 Å². The Labute approximate surface area is 598 Å². The summed E-state index contributed by atoms with van der Waals surface area (Å²) in [6.45, 7) is 27.7. The van der Waals surface area contributed by atoms with E-state index in [1.807, 2.05) is 62.3 Å². The Morgan fingerprint density at radius 2 is 0.876 bits per heavy atom. The first-order valence-electron chi connectivity index (χ1n) is 29.0. The van der Waals surface area contributed by atoms with Gasteiger partial charge in [0, 0.05) is 94.9 Å². The van der Waals surface area contributed by atoms with E-state index in [9.17, 15) is 40.2 Å². The maximum atomic E-state index is 14.1. The fourth-order valence-electron chi connectivity index (χ4n) is 12.1. The second kappa shape index (κ2) is 33.1. The number of fused-ring (bicyclic) bond motifs is 6. The van der Waals surface area contributed by atoms with Gasteiger partial charge in [0.05, 0.1) is 34.6 Å². The predicted octanol–water partition coefficient (Wildman–Crippen LogP) is 19.4. The number of benzene rings is 5.